The summed E-state index contributed by atoms with van der Waals surface area (Å²) in [4.78, 5) is 20.3. The van der Waals surface area contributed by atoms with Crippen LogP contribution in [0, 0.1) is 5.82 Å². The van der Waals surface area contributed by atoms with E-state index in [9.17, 15) is 9.18 Å². The standard InChI is InChI=1S/C16H12FN3OS/c17-12-5-3-11(4-6-12)16-20-14(10-22-16)8-15(21)19-13-2-1-7-18-9-13/h1-7,9-10H,8H2,(H,19,21). The van der Waals surface area contributed by atoms with E-state index in [1.54, 1.807) is 36.7 Å². The number of halogens is 1. The van der Waals surface area contributed by atoms with E-state index < -0.39 is 0 Å². The summed E-state index contributed by atoms with van der Waals surface area (Å²) in [5.74, 6) is -0.430. The number of amides is 1. The first kappa shape index (κ1) is 14.3. The number of nitrogens with zero attached hydrogens (tertiary/aromatic N) is 2. The van der Waals surface area contributed by atoms with Gasteiger partial charge >= 0.3 is 0 Å². The maximum atomic E-state index is 12.9. The number of carbonyl (C=O) groups excluding carboxylic acids is 1. The van der Waals surface area contributed by atoms with Gasteiger partial charge in [-0.25, -0.2) is 9.37 Å². The number of carbonyl (C=O) groups is 1. The lowest BCUT2D eigenvalue weighted by atomic mass is 10.2. The van der Waals surface area contributed by atoms with Crippen molar-refractivity contribution in [1.29, 1.82) is 0 Å². The number of anilines is 1. The van der Waals surface area contributed by atoms with Crippen molar-refractivity contribution in [2.75, 3.05) is 5.32 Å². The average Bonchev–Trinajstić information content (AvgIpc) is 2.97. The smallest absolute Gasteiger partial charge is 0.230 e. The second-order valence-electron chi connectivity index (χ2n) is 4.62. The summed E-state index contributed by atoms with van der Waals surface area (Å²) in [6.07, 6.45) is 3.42. The highest BCUT2D eigenvalue weighted by Gasteiger charge is 2.09. The predicted molar refractivity (Wildman–Crippen MR) is 84.1 cm³/mol. The molecule has 3 aromatic rings. The van der Waals surface area contributed by atoms with Crippen LogP contribution in [0.25, 0.3) is 10.6 Å². The van der Waals surface area contributed by atoms with Crippen LogP contribution >= 0.6 is 11.3 Å². The average molecular weight is 313 g/mol. The number of benzene rings is 1. The molecule has 0 aliphatic carbocycles. The van der Waals surface area contributed by atoms with Gasteiger partial charge in [0.25, 0.3) is 0 Å². The molecule has 0 unspecified atom stereocenters. The Kier molecular flexibility index (Phi) is 4.20. The molecule has 0 atom stereocenters. The van der Waals surface area contributed by atoms with Crippen molar-refractivity contribution in [3.63, 3.8) is 0 Å². The van der Waals surface area contributed by atoms with Crippen molar-refractivity contribution in [1.82, 2.24) is 9.97 Å². The normalized spacial score (nSPS) is 10.4. The third-order valence-corrected chi connectivity index (χ3v) is 3.87. The monoisotopic (exact) mass is 313 g/mol. The van der Waals surface area contributed by atoms with Gasteiger partial charge in [-0.1, -0.05) is 0 Å². The number of thiazole rings is 1. The number of nitrogens with one attached hydrogen (secondary N) is 1. The Morgan fingerprint density at radius 1 is 1.23 bits per heavy atom. The fourth-order valence-electron chi connectivity index (χ4n) is 1.92. The molecule has 0 aliphatic rings. The minimum atomic E-state index is -0.281. The van der Waals surface area contributed by atoms with E-state index in [4.69, 9.17) is 0 Å². The Labute approximate surface area is 130 Å². The second-order valence-corrected chi connectivity index (χ2v) is 5.48. The van der Waals surface area contributed by atoms with Crippen molar-refractivity contribution in [2.24, 2.45) is 0 Å². The Balaban J connectivity index is 1.66. The predicted octanol–water partition coefficient (Wildman–Crippen LogP) is 3.53. The lowest BCUT2D eigenvalue weighted by Crippen LogP contribution is -2.14. The first-order valence-corrected chi connectivity index (χ1v) is 7.49. The summed E-state index contributed by atoms with van der Waals surface area (Å²) in [6, 6.07) is 9.67. The van der Waals surface area contributed by atoms with Gasteiger partial charge in [0.2, 0.25) is 5.91 Å². The first-order chi connectivity index (χ1) is 10.7. The van der Waals surface area contributed by atoms with Crippen molar-refractivity contribution < 1.29 is 9.18 Å². The number of aromatic nitrogens is 2. The van der Waals surface area contributed by atoms with E-state index >= 15 is 0 Å². The van der Waals surface area contributed by atoms with E-state index in [1.807, 2.05) is 5.38 Å². The molecule has 110 valence electrons. The van der Waals surface area contributed by atoms with Gasteiger partial charge < -0.3 is 5.32 Å². The van der Waals surface area contributed by atoms with E-state index in [2.05, 4.69) is 15.3 Å². The van der Waals surface area contributed by atoms with E-state index in [0.29, 0.717) is 11.4 Å². The molecule has 1 N–H and O–H groups in total. The first-order valence-electron chi connectivity index (χ1n) is 6.61. The third kappa shape index (κ3) is 3.53. The molecule has 1 aromatic carbocycles. The molecule has 2 aromatic heterocycles. The number of pyridine rings is 1. The molecule has 0 saturated heterocycles. The molecule has 6 heteroatoms. The van der Waals surface area contributed by atoms with Gasteiger partial charge in [-0.15, -0.1) is 11.3 Å². The molecule has 0 aliphatic heterocycles. The van der Waals surface area contributed by atoms with E-state index in [-0.39, 0.29) is 18.1 Å². The lowest BCUT2D eigenvalue weighted by molar-refractivity contribution is -0.115. The second kappa shape index (κ2) is 6.44. The lowest BCUT2D eigenvalue weighted by Gasteiger charge is -2.02. The molecular formula is C16H12FN3OS. The zero-order chi connectivity index (χ0) is 15.4. The molecule has 0 bridgehead atoms. The van der Waals surface area contributed by atoms with E-state index in [0.717, 1.165) is 10.6 Å². The molecular weight excluding hydrogens is 301 g/mol. The molecule has 0 spiro atoms. The molecule has 0 fully saturated rings. The van der Waals surface area contributed by atoms with Crippen molar-refractivity contribution in [3.8, 4) is 10.6 Å². The van der Waals surface area contributed by atoms with Gasteiger partial charge in [0.15, 0.2) is 0 Å². The highest BCUT2D eigenvalue weighted by molar-refractivity contribution is 7.13. The maximum absolute atomic E-state index is 12.9. The van der Waals surface area contributed by atoms with Crippen LogP contribution < -0.4 is 5.32 Å². The highest BCUT2D eigenvalue weighted by Crippen LogP contribution is 2.24. The topological polar surface area (TPSA) is 54.9 Å². The van der Waals surface area contributed by atoms with Crippen molar-refractivity contribution in [2.45, 2.75) is 6.42 Å². The number of hydrogen-bond acceptors (Lipinski definition) is 4. The largest absolute Gasteiger partial charge is 0.324 e. The van der Waals surface area contributed by atoms with Crippen LogP contribution in [0.4, 0.5) is 10.1 Å². The van der Waals surface area contributed by atoms with Gasteiger partial charge in [-0.3, -0.25) is 9.78 Å². The summed E-state index contributed by atoms with van der Waals surface area (Å²) in [7, 11) is 0. The van der Waals surface area contributed by atoms with Gasteiger partial charge in [-0.05, 0) is 36.4 Å². The Morgan fingerprint density at radius 3 is 2.77 bits per heavy atom. The number of hydrogen-bond donors (Lipinski definition) is 1. The van der Waals surface area contributed by atoms with E-state index in [1.165, 1.54) is 23.5 Å². The van der Waals surface area contributed by atoms with Crippen LogP contribution in [0.2, 0.25) is 0 Å². The van der Waals surface area contributed by atoms with Gasteiger partial charge in [0.1, 0.15) is 10.8 Å². The SMILES string of the molecule is O=C(Cc1csc(-c2ccc(F)cc2)n1)Nc1cccnc1. The van der Waals surface area contributed by atoms with Gasteiger partial charge in [-0.2, -0.15) is 0 Å². The maximum Gasteiger partial charge on any atom is 0.230 e. The van der Waals surface area contributed by atoms with Crippen molar-refractivity contribution in [3.05, 3.63) is 65.7 Å². The van der Waals surface area contributed by atoms with Crippen LogP contribution in [0.1, 0.15) is 5.69 Å². The highest BCUT2D eigenvalue weighted by atomic mass is 32.1. The van der Waals surface area contributed by atoms with Crippen LogP contribution in [0.15, 0.2) is 54.2 Å². The Morgan fingerprint density at radius 2 is 2.05 bits per heavy atom. The fourth-order valence-corrected chi connectivity index (χ4v) is 2.75. The van der Waals surface area contributed by atoms with Gasteiger partial charge in [0, 0.05) is 17.1 Å². The minimum Gasteiger partial charge on any atom is -0.324 e. The number of rotatable bonds is 4. The molecule has 0 radical (unpaired) electrons. The third-order valence-electron chi connectivity index (χ3n) is 2.93. The molecule has 22 heavy (non-hydrogen) atoms. The summed E-state index contributed by atoms with van der Waals surface area (Å²) in [6.45, 7) is 0. The molecule has 4 nitrogen and oxygen atoms in total. The Bertz CT molecular complexity index is 772. The van der Waals surface area contributed by atoms with Crippen LogP contribution in [-0.4, -0.2) is 15.9 Å². The molecule has 0 saturated carbocycles. The zero-order valence-corrected chi connectivity index (χ0v) is 12.3. The summed E-state index contributed by atoms with van der Waals surface area (Å²) < 4.78 is 12.9. The molecule has 2 heterocycles. The van der Waals surface area contributed by atoms with Crippen molar-refractivity contribution >= 4 is 22.9 Å². The summed E-state index contributed by atoms with van der Waals surface area (Å²) in [5, 5.41) is 5.36. The quantitative estimate of drug-likeness (QED) is 0.801. The fraction of sp³-hybridized carbons (Fsp3) is 0.0625. The molecule has 1 amide bonds. The van der Waals surface area contributed by atoms with Crippen LogP contribution in [0.5, 0.6) is 0 Å². The summed E-state index contributed by atoms with van der Waals surface area (Å²) in [5.41, 5.74) is 2.18. The minimum absolute atomic E-state index is 0.149. The van der Waals surface area contributed by atoms with Crippen LogP contribution in [0.3, 0.4) is 0 Å². The van der Waals surface area contributed by atoms with Gasteiger partial charge in [0.05, 0.1) is 24.0 Å². The molecule has 3 rings (SSSR count). The van der Waals surface area contributed by atoms with Crippen LogP contribution in [-0.2, 0) is 11.2 Å². The summed E-state index contributed by atoms with van der Waals surface area (Å²) >= 11 is 1.43. The Hall–Kier alpha value is -2.60. The zero-order valence-electron chi connectivity index (χ0n) is 11.5.